The van der Waals surface area contributed by atoms with Gasteiger partial charge in [0.15, 0.2) is 0 Å². The Labute approximate surface area is 111 Å². The normalized spacial score (nSPS) is 58.8. The molecule has 1 saturated heterocycles. The Hall–Kier alpha value is -0.0800. The lowest BCUT2D eigenvalue weighted by molar-refractivity contribution is 0.118. The van der Waals surface area contributed by atoms with Gasteiger partial charge in [-0.15, -0.1) is 0 Å². The van der Waals surface area contributed by atoms with E-state index in [0.29, 0.717) is 0 Å². The van der Waals surface area contributed by atoms with E-state index in [1.165, 1.54) is 13.0 Å². The van der Waals surface area contributed by atoms with Crippen molar-refractivity contribution in [2.45, 2.75) is 57.7 Å². The van der Waals surface area contributed by atoms with Gasteiger partial charge in [-0.3, -0.25) is 0 Å². The SMILES string of the molecule is CC1CN(C)C(C)CC1NC1C2C3CCC(C3)C12. The van der Waals surface area contributed by atoms with Gasteiger partial charge in [0, 0.05) is 24.7 Å². The van der Waals surface area contributed by atoms with Gasteiger partial charge in [0.25, 0.3) is 0 Å². The summed E-state index contributed by atoms with van der Waals surface area (Å²) in [7, 11) is 2.28. The van der Waals surface area contributed by atoms with Crippen LogP contribution in [0.1, 0.15) is 39.5 Å². The lowest BCUT2D eigenvalue weighted by Crippen LogP contribution is -2.52. The van der Waals surface area contributed by atoms with Gasteiger partial charge in [0.1, 0.15) is 0 Å². The maximum Gasteiger partial charge on any atom is 0.0138 e. The summed E-state index contributed by atoms with van der Waals surface area (Å²) >= 11 is 0. The first-order valence-electron chi connectivity index (χ1n) is 8.11. The molecular formula is C16H28N2. The highest BCUT2D eigenvalue weighted by atomic mass is 15.2. The first-order valence-corrected chi connectivity index (χ1v) is 8.11. The van der Waals surface area contributed by atoms with Crippen LogP contribution in [0, 0.1) is 29.6 Å². The number of hydrogen-bond acceptors (Lipinski definition) is 2. The Balaban J connectivity index is 1.39. The number of hydrogen-bond donors (Lipinski definition) is 1. The monoisotopic (exact) mass is 248 g/mol. The molecule has 18 heavy (non-hydrogen) atoms. The fraction of sp³-hybridized carbons (Fsp3) is 1.00. The number of nitrogens with one attached hydrogen (secondary N) is 1. The van der Waals surface area contributed by atoms with Crippen molar-refractivity contribution in [1.82, 2.24) is 10.2 Å². The largest absolute Gasteiger partial charge is 0.310 e. The first kappa shape index (κ1) is 11.7. The molecule has 102 valence electrons. The van der Waals surface area contributed by atoms with E-state index in [2.05, 4.69) is 31.1 Å². The van der Waals surface area contributed by atoms with Crippen molar-refractivity contribution >= 4 is 0 Å². The summed E-state index contributed by atoms with van der Waals surface area (Å²) in [5.74, 6) is 5.22. The summed E-state index contributed by atoms with van der Waals surface area (Å²) in [4.78, 5) is 2.53. The molecule has 0 radical (unpaired) electrons. The summed E-state index contributed by atoms with van der Waals surface area (Å²) in [5, 5.41) is 4.07. The zero-order valence-corrected chi connectivity index (χ0v) is 12.1. The molecule has 3 saturated carbocycles. The van der Waals surface area contributed by atoms with Crippen molar-refractivity contribution in [2.24, 2.45) is 29.6 Å². The summed E-state index contributed by atoms with van der Waals surface area (Å²) in [5.41, 5.74) is 0. The van der Waals surface area contributed by atoms with Crippen molar-refractivity contribution in [1.29, 1.82) is 0 Å². The van der Waals surface area contributed by atoms with Crippen LogP contribution in [0.3, 0.4) is 0 Å². The molecule has 4 aliphatic rings. The molecule has 0 aromatic heterocycles. The highest BCUT2D eigenvalue weighted by Gasteiger charge is 2.65. The van der Waals surface area contributed by atoms with Gasteiger partial charge in [-0.25, -0.2) is 0 Å². The van der Waals surface area contributed by atoms with Gasteiger partial charge >= 0.3 is 0 Å². The molecule has 2 bridgehead atoms. The predicted molar refractivity (Wildman–Crippen MR) is 74.4 cm³/mol. The number of rotatable bonds is 2. The van der Waals surface area contributed by atoms with Crippen LogP contribution >= 0.6 is 0 Å². The number of nitrogens with zero attached hydrogens (tertiary/aromatic N) is 1. The van der Waals surface area contributed by atoms with Crippen molar-refractivity contribution in [3.63, 3.8) is 0 Å². The zero-order chi connectivity index (χ0) is 12.4. The smallest absolute Gasteiger partial charge is 0.0138 e. The van der Waals surface area contributed by atoms with E-state index in [4.69, 9.17) is 0 Å². The van der Waals surface area contributed by atoms with Gasteiger partial charge in [0.2, 0.25) is 0 Å². The van der Waals surface area contributed by atoms with Crippen LogP contribution in [0.5, 0.6) is 0 Å². The molecule has 0 aromatic carbocycles. The van der Waals surface area contributed by atoms with Crippen molar-refractivity contribution in [3.05, 3.63) is 0 Å². The lowest BCUT2D eigenvalue weighted by Gasteiger charge is -2.40. The van der Waals surface area contributed by atoms with Gasteiger partial charge in [-0.05, 0) is 69.2 Å². The zero-order valence-electron chi connectivity index (χ0n) is 12.1. The number of likely N-dealkylation sites (tertiary alicyclic amines) is 1. The minimum Gasteiger partial charge on any atom is -0.310 e. The van der Waals surface area contributed by atoms with Crippen LogP contribution in [-0.2, 0) is 0 Å². The lowest BCUT2D eigenvalue weighted by atomic mass is 9.89. The van der Waals surface area contributed by atoms with Crippen molar-refractivity contribution in [3.8, 4) is 0 Å². The van der Waals surface area contributed by atoms with Crippen molar-refractivity contribution < 1.29 is 0 Å². The van der Waals surface area contributed by atoms with E-state index < -0.39 is 0 Å². The Morgan fingerprint density at radius 3 is 2.33 bits per heavy atom. The van der Waals surface area contributed by atoms with Crippen LogP contribution < -0.4 is 5.32 Å². The quantitative estimate of drug-likeness (QED) is 0.807. The second-order valence-electron chi connectivity index (χ2n) is 7.79. The molecule has 2 heteroatoms. The predicted octanol–water partition coefficient (Wildman–Crippen LogP) is 2.35. The molecule has 0 aromatic rings. The molecule has 1 aliphatic heterocycles. The van der Waals surface area contributed by atoms with Gasteiger partial charge in [0.05, 0.1) is 0 Å². The van der Waals surface area contributed by atoms with E-state index in [1.54, 1.807) is 19.3 Å². The Bertz CT molecular complexity index is 326. The molecule has 1 N–H and O–H groups in total. The van der Waals surface area contributed by atoms with Crippen LogP contribution in [0.4, 0.5) is 0 Å². The summed E-state index contributed by atoms with van der Waals surface area (Å²) < 4.78 is 0. The molecule has 0 amide bonds. The topological polar surface area (TPSA) is 15.3 Å². The molecule has 1 heterocycles. The fourth-order valence-corrected chi connectivity index (χ4v) is 5.57. The van der Waals surface area contributed by atoms with Gasteiger partial charge < -0.3 is 10.2 Å². The second kappa shape index (κ2) is 3.96. The van der Waals surface area contributed by atoms with E-state index in [-0.39, 0.29) is 0 Å². The van der Waals surface area contributed by atoms with Crippen molar-refractivity contribution in [2.75, 3.05) is 13.6 Å². The number of fused-ring (bicyclic) bond motifs is 5. The van der Waals surface area contributed by atoms with E-state index in [0.717, 1.165) is 47.7 Å². The van der Waals surface area contributed by atoms with Gasteiger partial charge in [-0.2, -0.15) is 0 Å². The molecule has 4 fully saturated rings. The molecule has 3 aliphatic carbocycles. The molecular weight excluding hydrogens is 220 g/mol. The fourth-order valence-electron chi connectivity index (χ4n) is 5.57. The second-order valence-corrected chi connectivity index (χ2v) is 7.79. The third-order valence-corrected chi connectivity index (χ3v) is 6.75. The van der Waals surface area contributed by atoms with E-state index >= 15 is 0 Å². The summed E-state index contributed by atoms with van der Waals surface area (Å²) in [6, 6.07) is 2.46. The van der Waals surface area contributed by atoms with Crippen LogP contribution in [0.2, 0.25) is 0 Å². The third kappa shape index (κ3) is 1.61. The maximum absolute atomic E-state index is 4.07. The standard InChI is InChI=1S/C16H28N2/c1-9-8-18(3)10(2)6-13(9)17-16-14-11-4-5-12(7-11)15(14)16/h9-17H,4-8H2,1-3H3. The molecule has 7 unspecified atom stereocenters. The average Bonchev–Trinajstić information content (AvgIpc) is 2.72. The molecule has 7 atom stereocenters. The summed E-state index contributed by atoms with van der Waals surface area (Å²) in [6.45, 7) is 6.10. The molecule has 0 spiro atoms. The Morgan fingerprint density at radius 1 is 1.00 bits per heavy atom. The number of piperidine rings is 1. The van der Waals surface area contributed by atoms with Crippen LogP contribution in [-0.4, -0.2) is 36.6 Å². The van der Waals surface area contributed by atoms with Gasteiger partial charge in [-0.1, -0.05) is 6.92 Å². The summed E-state index contributed by atoms with van der Waals surface area (Å²) in [6.07, 6.45) is 6.02. The molecule has 2 nitrogen and oxygen atoms in total. The third-order valence-electron chi connectivity index (χ3n) is 6.75. The van der Waals surface area contributed by atoms with E-state index in [9.17, 15) is 0 Å². The Kier molecular flexibility index (Phi) is 2.58. The average molecular weight is 248 g/mol. The maximum atomic E-state index is 4.07. The highest BCUT2D eigenvalue weighted by Crippen LogP contribution is 2.65. The minimum absolute atomic E-state index is 0.758. The first-order chi connectivity index (χ1) is 8.65. The van der Waals surface area contributed by atoms with Crippen LogP contribution in [0.15, 0.2) is 0 Å². The van der Waals surface area contributed by atoms with E-state index in [1.807, 2.05) is 0 Å². The molecule has 4 rings (SSSR count). The van der Waals surface area contributed by atoms with Crippen LogP contribution in [0.25, 0.3) is 0 Å². The minimum atomic E-state index is 0.758. The highest BCUT2D eigenvalue weighted by molar-refractivity contribution is 5.17. The Morgan fingerprint density at radius 2 is 1.67 bits per heavy atom.